The number of likely N-dealkylation sites (N-methyl/N-ethyl adjacent to an activating group) is 1. The molecule has 8 heteroatoms. The minimum absolute atomic E-state index is 0.0161. The first kappa shape index (κ1) is 16.9. The molecule has 8 nitrogen and oxygen atoms in total. The van der Waals surface area contributed by atoms with Gasteiger partial charge in [0.15, 0.2) is 0 Å². The van der Waals surface area contributed by atoms with Gasteiger partial charge in [0, 0.05) is 25.8 Å². The number of carbonyl (C=O) groups excluding carboxylic acids is 1. The third kappa shape index (κ3) is 4.14. The highest BCUT2D eigenvalue weighted by Gasteiger charge is 2.23. The molecule has 0 atom stereocenters. The van der Waals surface area contributed by atoms with Gasteiger partial charge in [-0.05, 0) is 19.9 Å². The summed E-state index contributed by atoms with van der Waals surface area (Å²) in [6.45, 7) is 5.56. The van der Waals surface area contributed by atoms with Gasteiger partial charge in [0.1, 0.15) is 5.69 Å². The average Bonchev–Trinajstić information content (AvgIpc) is 2.50. The van der Waals surface area contributed by atoms with E-state index >= 15 is 0 Å². The van der Waals surface area contributed by atoms with Crippen molar-refractivity contribution in [3.8, 4) is 0 Å². The molecule has 0 aliphatic carbocycles. The largest absolute Gasteiger partial charge is 0.380 e. The van der Waals surface area contributed by atoms with Gasteiger partial charge >= 0.3 is 0 Å². The molecule has 1 aromatic carbocycles. The number of hydrazine groups is 1. The van der Waals surface area contributed by atoms with E-state index in [4.69, 9.17) is 10.6 Å². The Bertz CT molecular complexity index is 507. The predicted octanol–water partition coefficient (Wildman–Crippen LogP) is 1.38. The lowest BCUT2D eigenvalue weighted by Crippen LogP contribution is -2.34. The van der Waals surface area contributed by atoms with Gasteiger partial charge < -0.3 is 15.1 Å². The van der Waals surface area contributed by atoms with Gasteiger partial charge in [-0.3, -0.25) is 20.8 Å². The Morgan fingerprint density at radius 1 is 1.48 bits per heavy atom. The maximum Gasteiger partial charge on any atom is 0.294 e. The Kier molecular flexibility index (Phi) is 6.57. The van der Waals surface area contributed by atoms with Gasteiger partial charge in [0.2, 0.25) is 0 Å². The van der Waals surface area contributed by atoms with E-state index < -0.39 is 4.92 Å². The van der Waals surface area contributed by atoms with Crippen LogP contribution in [0.15, 0.2) is 18.2 Å². The molecule has 0 aliphatic rings. The van der Waals surface area contributed by atoms with Crippen LogP contribution >= 0.6 is 0 Å². The molecule has 3 N–H and O–H groups in total. The maximum atomic E-state index is 12.5. The molecule has 1 aromatic rings. The SMILES string of the molecule is CCOCCN(CC)C(=O)c1cccc([N+](=O)[O-])c1NN. The second-order valence-corrected chi connectivity index (χ2v) is 4.18. The minimum Gasteiger partial charge on any atom is -0.380 e. The molecule has 0 aromatic heterocycles. The zero-order valence-corrected chi connectivity index (χ0v) is 12.2. The molecule has 21 heavy (non-hydrogen) atoms. The van der Waals surface area contributed by atoms with E-state index in [9.17, 15) is 14.9 Å². The normalized spacial score (nSPS) is 10.2. The van der Waals surface area contributed by atoms with Crippen molar-refractivity contribution in [2.45, 2.75) is 13.8 Å². The van der Waals surface area contributed by atoms with Crippen LogP contribution in [0.2, 0.25) is 0 Å². The van der Waals surface area contributed by atoms with E-state index in [1.807, 2.05) is 13.8 Å². The van der Waals surface area contributed by atoms with E-state index in [1.165, 1.54) is 18.2 Å². The number of nitro groups is 1. The molecule has 0 bridgehead atoms. The molecule has 0 fully saturated rings. The number of hydrogen-bond acceptors (Lipinski definition) is 6. The van der Waals surface area contributed by atoms with Crippen molar-refractivity contribution in [2.75, 3.05) is 31.7 Å². The molecular weight excluding hydrogens is 276 g/mol. The van der Waals surface area contributed by atoms with Crippen LogP contribution in [-0.4, -0.2) is 42.0 Å². The van der Waals surface area contributed by atoms with Crippen LogP contribution in [-0.2, 0) is 4.74 Å². The van der Waals surface area contributed by atoms with E-state index in [-0.39, 0.29) is 22.8 Å². The van der Waals surface area contributed by atoms with Crippen LogP contribution in [0, 0.1) is 10.1 Å². The number of nitrogens with two attached hydrogens (primary N) is 1. The van der Waals surface area contributed by atoms with Crippen molar-refractivity contribution in [3.63, 3.8) is 0 Å². The summed E-state index contributed by atoms with van der Waals surface area (Å²) >= 11 is 0. The number of anilines is 1. The lowest BCUT2D eigenvalue weighted by molar-refractivity contribution is -0.384. The van der Waals surface area contributed by atoms with Gasteiger partial charge in [0.05, 0.1) is 17.1 Å². The van der Waals surface area contributed by atoms with Crippen LogP contribution in [0.3, 0.4) is 0 Å². The Balaban J connectivity index is 3.04. The average molecular weight is 296 g/mol. The molecular formula is C13H20N4O4. The summed E-state index contributed by atoms with van der Waals surface area (Å²) in [6, 6.07) is 4.26. The predicted molar refractivity (Wildman–Crippen MR) is 79.0 cm³/mol. The molecule has 0 saturated carbocycles. The molecule has 0 saturated heterocycles. The van der Waals surface area contributed by atoms with Gasteiger partial charge in [0.25, 0.3) is 11.6 Å². The number of benzene rings is 1. The summed E-state index contributed by atoms with van der Waals surface area (Å²) in [5.41, 5.74) is 2.21. The van der Waals surface area contributed by atoms with Crippen molar-refractivity contribution in [2.24, 2.45) is 5.84 Å². The van der Waals surface area contributed by atoms with E-state index in [0.29, 0.717) is 26.3 Å². The van der Waals surface area contributed by atoms with Crippen molar-refractivity contribution >= 4 is 17.3 Å². The van der Waals surface area contributed by atoms with Crippen LogP contribution in [0.5, 0.6) is 0 Å². The van der Waals surface area contributed by atoms with Crippen molar-refractivity contribution in [3.05, 3.63) is 33.9 Å². The summed E-state index contributed by atoms with van der Waals surface area (Å²) in [5, 5.41) is 11.0. The fourth-order valence-electron chi connectivity index (χ4n) is 1.91. The second-order valence-electron chi connectivity index (χ2n) is 4.18. The summed E-state index contributed by atoms with van der Waals surface area (Å²) in [4.78, 5) is 24.4. The standard InChI is InChI=1S/C13H20N4O4/c1-3-16(8-9-21-4-2)13(18)10-6-5-7-11(17(19)20)12(10)15-14/h5-7,15H,3-4,8-9,14H2,1-2H3. The Hall–Kier alpha value is -2.19. The number of nitrogens with zero attached hydrogens (tertiary/aromatic N) is 2. The zero-order valence-electron chi connectivity index (χ0n) is 12.2. The first-order valence-electron chi connectivity index (χ1n) is 6.67. The fraction of sp³-hybridized carbons (Fsp3) is 0.462. The molecule has 0 aliphatic heterocycles. The van der Waals surface area contributed by atoms with Crippen molar-refractivity contribution in [1.29, 1.82) is 0 Å². The number of rotatable bonds is 8. The molecule has 116 valence electrons. The lowest BCUT2D eigenvalue weighted by atomic mass is 10.1. The first-order valence-corrected chi connectivity index (χ1v) is 6.67. The van der Waals surface area contributed by atoms with Gasteiger partial charge in [-0.25, -0.2) is 0 Å². The number of carbonyl (C=O) groups is 1. The fourth-order valence-corrected chi connectivity index (χ4v) is 1.91. The molecule has 1 amide bonds. The number of amides is 1. The molecule has 1 rings (SSSR count). The highest BCUT2D eigenvalue weighted by molar-refractivity contribution is 6.01. The van der Waals surface area contributed by atoms with Crippen LogP contribution in [0.4, 0.5) is 11.4 Å². The van der Waals surface area contributed by atoms with Gasteiger partial charge in [-0.1, -0.05) is 6.07 Å². The topological polar surface area (TPSA) is 111 Å². The number of nitrogens with one attached hydrogen (secondary N) is 1. The first-order chi connectivity index (χ1) is 10.1. The van der Waals surface area contributed by atoms with Crippen molar-refractivity contribution < 1.29 is 14.5 Å². The smallest absolute Gasteiger partial charge is 0.294 e. The molecule has 0 unspecified atom stereocenters. The monoisotopic (exact) mass is 296 g/mol. The minimum atomic E-state index is -0.581. The van der Waals surface area contributed by atoms with E-state index in [0.717, 1.165) is 0 Å². The zero-order chi connectivity index (χ0) is 15.8. The maximum absolute atomic E-state index is 12.5. The van der Waals surface area contributed by atoms with Crippen LogP contribution in [0.25, 0.3) is 0 Å². The summed E-state index contributed by atoms with van der Waals surface area (Å²) < 4.78 is 5.23. The highest BCUT2D eigenvalue weighted by atomic mass is 16.6. The van der Waals surface area contributed by atoms with Crippen LogP contribution in [0.1, 0.15) is 24.2 Å². The van der Waals surface area contributed by atoms with Gasteiger partial charge in [-0.15, -0.1) is 0 Å². The third-order valence-electron chi connectivity index (χ3n) is 2.99. The number of nitrogen functional groups attached to an aromatic ring is 1. The Morgan fingerprint density at radius 2 is 2.19 bits per heavy atom. The molecule has 0 spiro atoms. The molecule has 0 radical (unpaired) electrons. The molecule has 0 heterocycles. The number of nitro benzene ring substituents is 1. The van der Waals surface area contributed by atoms with E-state index in [2.05, 4.69) is 5.43 Å². The van der Waals surface area contributed by atoms with E-state index in [1.54, 1.807) is 4.90 Å². The summed E-state index contributed by atoms with van der Waals surface area (Å²) in [7, 11) is 0. The van der Waals surface area contributed by atoms with Gasteiger partial charge in [-0.2, -0.15) is 0 Å². The Labute approximate surface area is 123 Å². The lowest BCUT2D eigenvalue weighted by Gasteiger charge is -2.21. The number of hydrogen-bond donors (Lipinski definition) is 2. The summed E-state index contributed by atoms with van der Waals surface area (Å²) in [5.74, 6) is 5.02. The second kappa shape index (κ2) is 8.18. The summed E-state index contributed by atoms with van der Waals surface area (Å²) in [6.07, 6.45) is 0. The quantitative estimate of drug-likeness (QED) is 0.324. The van der Waals surface area contributed by atoms with Crippen molar-refractivity contribution in [1.82, 2.24) is 4.90 Å². The number of para-hydroxylation sites is 1. The number of ether oxygens (including phenoxy) is 1. The van der Waals surface area contributed by atoms with Crippen LogP contribution < -0.4 is 11.3 Å². The Morgan fingerprint density at radius 3 is 2.71 bits per heavy atom. The highest BCUT2D eigenvalue weighted by Crippen LogP contribution is 2.28. The third-order valence-corrected chi connectivity index (χ3v) is 2.99.